The summed E-state index contributed by atoms with van der Waals surface area (Å²) in [6, 6.07) is 15.0. The van der Waals surface area contributed by atoms with Crippen molar-refractivity contribution in [1.29, 1.82) is 0 Å². The summed E-state index contributed by atoms with van der Waals surface area (Å²) in [4.78, 5) is 2.46. The topological polar surface area (TPSA) is 27.3 Å². The van der Waals surface area contributed by atoms with Crippen molar-refractivity contribution in [3.05, 3.63) is 59.9 Å². The summed E-state index contributed by atoms with van der Waals surface area (Å²) < 4.78 is 13.3. The summed E-state index contributed by atoms with van der Waals surface area (Å²) in [5.41, 5.74) is 3.10. The Bertz CT molecular complexity index is 739. The molecule has 138 valence electrons. The first-order chi connectivity index (χ1) is 12.5. The average Bonchev–Trinajstić information content (AvgIpc) is 2.62. The highest BCUT2D eigenvalue weighted by atomic mass is 32.1. The van der Waals surface area contributed by atoms with Crippen LogP contribution in [0.3, 0.4) is 0 Å². The van der Waals surface area contributed by atoms with E-state index in [1.54, 1.807) is 12.1 Å². The standard InChI is InChI=1S/C21H26FN3S/c1-15-10-12-25(13-11-15)20-8-6-17(7-9-20)16(2)23-21(26)24-19-5-3-4-18(22)14-19/h3-9,14-16H,10-13H2,1-2H3,(H2,23,24,26). The number of rotatable bonds is 4. The zero-order valence-electron chi connectivity index (χ0n) is 15.3. The predicted molar refractivity (Wildman–Crippen MR) is 111 cm³/mol. The van der Waals surface area contributed by atoms with Crippen LogP contribution in [0.4, 0.5) is 15.8 Å². The highest BCUT2D eigenvalue weighted by molar-refractivity contribution is 7.80. The van der Waals surface area contributed by atoms with Crippen LogP contribution < -0.4 is 15.5 Å². The molecule has 2 aromatic carbocycles. The number of halogens is 1. The van der Waals surface area contributed by atoms with Crippen LogP contribution in [0.1, 0.15) is 38.3 Å². The molecule has 1 fully saturated rings. The van der Waals surface area contributed by atoms with Crippen LogP contribution in [0.5, 0.6) is 0 Å². The van der Waals surface area contributed by atoms with Gasteiger partial charge in [-0.25, -0.2) is 4.39 Å². The van der Waals surface area contributed by atoms with E-state index in [1.807, 2.05) is 0 Å². The molecule has 26 heavy (non-hydrogen) atoms. The summed E-state index contributed by atoms with van der Waals surface area (Å²) in [5, 5.41) is 6.76. The third-order valence-corrected chi connectivity index (χ3v) is 5.19. The van der Waals surface area contributed by atoms with Gasteiger partial charge >= 0.3 is 0 Å². The fourth-order valence-electron chi connectivity index (χ4n) is 3.25. The van der Waals surface area contributed by atoms with E-state index in [4.69, 9.17) is 12.2 Å². The van der Waals surface area contributed by atoms with E-state index in [-0.39, 0.29) is 11.9 Å². The SMILES string of the molecule is CC1CCN(c2ccc(C(C)NC(=S)Nc3cccc(F)c3)cc2)CC1. The zero-order chi connectivity index (χ0) is 18.5. The molecule has 1 saturated heterocycles. The summed E-state index contributed by atoms with van der Waals surface area (Å²) >= 11 is 5.34. The van der Waals surface area contributed by atoms with Crippen molar-refractivity contribution in [2.24, 2.45) is 5.92 Å². The minimum atomic E-state index is -0.284. The smallest absolute Gasteiger partial charge is 0.171 e. The molecule has 1 aliphatic rings. The lowest BCUT2D eigenvalue weighted by molar-refractivity contribution is 0.438. The van der Waals surface area contributed by atoms with E-state index in [2.05, 4.69) is 53.6 Å². The fraction of sp³-hybridized carbons (Fsp3) is 0.381. The Morgan fingerprint density at radius 2 is 1.85 bits per heavy atom. The number of nitrogens with one attached hydrogen (secondary N) is 2. The van der Waals surface area contributed by atoms with Crippen molar-refractivity contribution in [3.8, 4) is 0 Å². The molecule has 0 saturated carbocycles. The Kier molecular flexibility index (Phi) is 6.09. The first-order valence-corrected chi connectivity index (χ1v) is 9.60. The van der Waals surface area contributed by atoms with Crippen molar-refractivity contribution in [2.45, 2.75) is 32.7 Å². The van der Waals surface area contributed by atoms with Crippen LogP contribution in [0.15, 0.2) is 48.5 Å². The maximum absolute atomic E-state index is 13.3. The van der Waals surface area contributed by atoms with Gasteiger partial charge in [-0.15, -0.1) is 0 Å². The quantitative estimate of drug-likeness (QED) is 0.731. The van der Waals surface area contributed by atoms with Crippen molar-refractivity contribution >= 4 is 28.7 Å². The molecule has 0 bridgehead atoms. The molecule has 0 spiro atoms. The Morgan fingerprint density at radius 3 is 2.50 bits per heavy atom. The number of thiocarbonyl (C=S) groups is 1. The highest BCUT2D eigenvalue weighted by Crippen LogP contribution is 2.24. The lowest BCUT2D eigenvalue weighted by atomic mass is 9.98. The van der Waals surface area contributed by atoms with Crippen LogP contribution in [-0.2, 0) is 0 Å². The van der Waals surface area contributed by atoms with Crippen molar-refractivity contribution < 1.29 is 4.39 Å². The lowest BCUT2D eigenvalue weighted by Gasteiger charge is -2.32. The first-order valence-electron chi connectivity index (χ1n) is 9.19. The molecule has 3 nitrogen and oxygen atoms in total. The minimum absolute atomic E-state index is 0.0685. The maximum atomic E-state index is 13.3. The Balaban J connectivity index is 1.56. The van der Waals surface area contributed by atoms with E-state index in [0.29, 0.717) is 10.8 Å². The molecule has 1 atom stereocenters. The predicted octanol–water partition coefficient (Wildman–Crippen LogP) is 5.11. The highest BCUT2D eigenvalue weighted by Gasteiger charge is 2.16. The molecule has 1 aliphatic heterocycles. The number of anilines is 2. The van der Waals surface area contributed by atoms with E-state index in [0.717, 1.165) is 19.0 Å². The van der Waals surface area contributed by atoms with Crippen LogP contribution >= 0.6 is 12.2 Å². The molecule has 0 radical (unpaired) electrons. The maximum Gasteiger partial charge on any atom is 0.171 e. The van der Waals surface area contributed by atoms with Gasteiger partial charge in [0.15, 0.2) is 5.11 Å². The molecule has 0 aliphatic carbocycles. The van der Waals surface area contributed by atoms with Crippen molar-refractivity contribution in [2.75, 3.05) is 23.3 Å². The van der Waals surface area contributed by atoms with Gasteiger partial charge in [0.2, 0.25) is 0 Å². The van der Waals surface area contributed by atoms with E-state index >= 15 is 0 Å². The van der Waals surface area contributed by atoms with Gasteiger partial charge in [-0.05, 0) is 73.8 Å². The summed E-state index contributed by atoms with van der Waals surface area (Å²) in [5.74, 6) is 0.551. The van der Waals surface area contributed by atoms with Gasteiger partial charge in [0.1, 0.15) is 5.82 Å². The van der Waals surface area contributed by atoms with Crippen LogP contribution in [0.2, 0.25) is 0 Å². The fourth-order valence-corrected chi connectivity index (χ4v) is 3.55. The monoisotopic (exact) mass is 371 g/mol. The van der Waals surface area contributed by atoms with Crippen LogP contribution in [-0.4, -0.2) is 18.2 Å². The van der Waals surface area contributed by atoms with Gasteiger partial charge in [-0.2, -0.15) is 0 Å². The molecule has 0 aromatic heterocycles. The van der Waals surface area contributed by atoms with Crippen LogP contribution in [0, 0.1) is 11.7 Å². The van der Waals surface area contributed by atoms with Gasteiger partial charge < -0.3 is 15.5 Å². The molecule has 0 amide bonds. The van der Waals surface area contributed by atoms with Gasteiger partial charge in [0, 0.05) is 24.5 Å². The largest absolute Gasteiger partial charge is 0.372 e. The van der Waals surface area contributed by atoms with Crippen molar-refractivity contribution in [3.63, 3.8) is 0 Å². The third-order valence-electron chi connectivity index (χ3n) is 4.97. The zero-order valence-corrected chi connectivity index (χ0v) is 16.2. The van der Waals surface area contributed by atoms with Gasteiger partial charge in [-0.1, -0.05) is 25.1 Å². The third kappa shape index (κ3) is 4.94. The van der Waals surface area contributed by atoms with Gasteiger partial charge in [-0.3, -0.25) is 0 Å². The summed E-state index contributed by atoms with van der Waals surface area (Å²) in [6.45, 7) is 6.66. The Morgan fingerprint density at radius 1 is 1.15 bits per heavy atom. The van der Waals surface area contributed by atoms with E-state index in [9.17, 15) is 4.39 Å². The first kappa shape index (κ1) is 18.6. The second-order valence-electron chi connectivity index (χ2n) is 7.09. The number of hydrogen-bond acceptors (Lipinski definition) is 2. The summed E-state index contributed by atoms with van der Waals surface area (Å²) in [7, 11) is 0. The van der Waals surface area contributed by atoms with Crippen molar-refractivity contribution in [1.82, 2.24) is 5.32 Å². The Hall–Kier alpha value is -2.14. The molecule has 2 aromatic rings. The molecule has 1 unspecified atom stereocenters. The lowest BCUT2D eigenvalue weighted by Crippen LogP contribution is -2.33. The molecule has 2 N–H and O–H groups in total. The molecule has 1 heterocycles. The molecule has 3 rings (SSSR count). The molecular formula is C21H26FN3S. The van der Waals surface area contributed by atoms with Crippen LogP contribution in [0.25, 0.3) is 0 Å². The number of piperidine rings is 1. The summed E-state index contributed by atoms with van der Waals surface area (Å²) in [6.07, 6.45) is 2.53. The minimum Gasteiger partial charge on any atom is -0.372 e. The second-order valence-corrected chi connectivity index (χ2v) is 7.50. The molecule has 5 heteroatoms. The van der Waals surface area contributed by atoms with Gasteiger partial charge in [0.25, 0.3) is 0 Å². The van der Waals surface area contributed by atoms with E-state index in [1.165, 1.54) is 36.2 Å². The second kappa shape index (κ2) is 8.49. The number of hydrogen-bond donors (Lipinski definition) is 2. The normalized spacial score (nSPS) is 16.2. The number of benzene rings is 2. The average molecular weight is 372 g/mol. The van der Waals surface area contributed by atoms with Gasteiger partial charge in [0.05, 0.1) is 6.04 Å². The number of nitrogens with zero attached hydrogens (tertiary/aromatic N) is 1. The Labute approximate surface area is 160 Å². The molecular weight excluding hydrogens is 345 g/mol. The van der Waals surface area contributed by atoms with E-state index < -0.39 is 0 Å².